The Labute approximate surface area is 239 Å². The van der Waals surface area contributed by atoms with E-state index in [1.54, 1.807) is 18.5 Å². The van der Waals surface area contributed by atoms with Crippen molar-refractivity contribution >= 4 is 11.6 Å². The van der Waals surface area contributed by atoms with Gasteiger partial charge >= 0.3 is 0 Å². The van der Waals surface area contributed by atoms with Crippen LogP contribution < -0.4 is 24.4 Å². The highest BCUT2D eigenvalue weighted by Gasteiger charge is 2.22. The van der Waals surface area contributed by atoms with E-state index in [1.165, 1.54) is 5.69 Å². The Morgan fingerprint density at radius 2 is 1.66 bits per heavy atom. The van der Waals surface area contributed by atoms with Crippen molar-refractivity contribution in [1.29, 1.82) is 0 Å². The number of para-hydroxylation sites is 3. The zero-order valence-electron chi connectivity index (χ0n) is 22.8. The van der Waals surface area contributed by atoms with E-state index in [4.69, 9.17) is 14.2 Å². The number of aromatic nitrogens is 2. The molecule has 41 heavy (non-hydrogen) atoms. The molecule has 1 amide bonds. The Kier molecular flexibility index (Phi) is 8.23. The Morgan fingerprint density at radius 3 is 2.46 bits per heavy atom. The van der Waals surface area contributed by atoms with Crippen molar-refractivity contribution in [1.82, 2.24) is 20.2 Å². The van der Waals surface area contributed by atoms with Crippen LogP contribution in [0, 0.1) is 0 Å². The van der Waals surface area contributed by atoms with Gasteiger partial charge in [-0.25, -0.2) is 9.97 Å². The molecular weight excluding hydrogens is 518 g/mol. The molecule has 1 saturated heterocycles. The molecule has 0 unspecified atom stereocenters. The van der Waals surface area contributed by atoms with Crippen LogP contribution >= 0.6 is 0 Å². The Bertz CT molecular complexity index is 1450. The minimum Gasteiger partial charge on any atom is -0.486 e. The van der Waals surface area contributed by atoms with Crippen molar-refractivity contribution in [3.05, 3.63) is 96.8 Å². The lowest BCUT2D eigenvalue weighted by molar-refractivity contribution is -0.123. The van der Waals surface area contributed by atoms with E-state index in [2.05, 4.69) is 55.4 Å². The molecule has 2 aliphatic heterocycles. The summed E-state index contributed by atoms with van der Waals surface area (Å²) in [5, 5.41) is 2.91. The van der Waals surface area contributed by atoms with E-state index in [0.717, 1.165) is 43.1 Å². The van der Waals surface area contributed by atoms with Gasteiger partial charge in [0.2, 0.25) is 0 Å². The maximum atomic E-state index is 12.7. The van der Waals surface area contributed by atoms with Crippen LogP contribution in [0.5, 0.6) is 17.2 Å². The van der Waals surface area contributed by atoms with Gasteiger partial charge < -0.3 is 24.4 Å². The highest BCUT2D eigenvalue weighted by molar-refractivity contribution is 5.77. The Hall–Kier alpha value is -4.63. The number of fused-ring (bicyclic) bond motifs is 1. The van der Waals surface area contributed by atoms with Gasteiger partial charge in [0.15, 0.2) is 23.9 Å². The second-order valence-electron chi connectivity index (χ2n) is 10.1. The fraction of sp³-hybridized carbons (Fsp3) is 0.281. The van der Waals surface area contributed by atoms with Crippen LogP contribution in [-0.2, 0) is 11.3 Å². The minimum atomic E-state index is -0.260. The summed E-state index contributed by atoms with van der Waals surface area (Å²) in [5.41, 5.74) is 3.16. The number of nitrogens with one attached hydrogen (secondary N) is 1. The summed E-state index contributed by atoms with van der Waals surface area (Å²) in [7, 11) is 0. The molecule has 1 N–H and O–H groups in total. The molecule has 3 heterocycles. The van der Waals surface area contributed by atoms with Crippen LogP contribution in [0.3, 0.4) is 0 Å². The molecule has 0 radical (unpaired) electrons. The number of carbonyl (C=O) groups excluding carboxylic acids is 1. The van der Waals surface area contributed by atoms with Gasteiger partial charge in [-0.05, 0) is 48.5 Å². The molecular formula is C32H33N5O4. The molecule has 0 bridgehead atoms. The molecule has 4 aromatic rings. The predicted molar refractivity (Wildman–Crippen MR) is 156 cm³/mol. The van der Waals surface area contributed by atoms with Gasteiger partial charge in [-0.15, -0.1) is 0 Å². The number of benzene rings is 3. The van der Waals surface area contributed by atoms with Gasteiger partial charge in [-0.1, -0.05) is 30.3 Å². The topological polar surface area (TPSA) is 89.1 Å². The number of hydrogen-bond acceptors (Lipinski definition) is 8. The molecule has 3 aromatic carbocycles. The molecule has 210 valence electrons. The van der Waals surface area contributed by atoms with E-state index in [0.29, 0.717) is 37.0 Å². The van der Waals surface area contributed by atoms with Gasteiger partial charge in [-0.2, -0.15) is 0 Å². The van der Waals surface area contributed by atoms with Crippen molar-refractivity contribution in [2.45, 2.75) is 12.6 Å². The molecule has 1 fully saturated rings. The summed E-state index contributed by atoms with van der Waals surface area (Å²) in [4.78, 5) is 26.3. The molecule has 9 heteroatoms. The third-order valence-electron chi connectivity index (χ3n) is 7.23. The standard InChI is InChI=1S/C32H33N5O4/c38-31(35-20-27-22-39-29-9-4-5-10-30(29)41-27)23-40-28-12-11-24(32-33-13-6-14-34-32)19-25(28)21-36-15-17-37(18-16-36)26-7-2-1-3-8-26/h1-14,19,27H,15-18,20-23H2,(H,35,38)/t27-/m1/s1. The van der Waals surface area contributed by atoms with Gasteiger partial charge in [-0.3, -0.25) is 9.69 Å². The number of rotatable bonds is 9. The lowest BCUT2D eigenvalue weighted by Gasteiger charge is -2.36. The smallest absolute Gasteiger partial charge is 0.258 e. The SMILES string of the molecule is O=C(COc1ccc(-c2ncccn2)cc1CN1CCN(c2ccccc2)CC1)NC[C@@H]1COc2ccccc2O1. The molecule has 2 aliphatic rings. The predicted octanol–water partition coefficient (Wildman–Crippen LogP) is 3.80. The second-order valence-corrected chi connectivity index (χ2v) is 10.1. The average Bonchev–Trinajstić information content (AvgIpc) is 3.04. The first-order valence-electron chi connectivity index (χ1n) is 13.9. The normalized spacial score (nSPS) is 16.7. The number of amides is 1. The highest BCUT2D eigenvalue weighted by atomic mass is 16.6. The van der Waals surface area contributed by atoms with E-state index < -0.39 is 0 Å². The maximum absolute atomic E-state index is 12.7. The summed E-state index contributed by atoms with van der Waals surface area (Å²) in [6, 6.07) is 25.7. The van der Waals surface area contributed by atoms with Crippen molar-refractivity contribution in [2.24, 2.45) is 0 Å². The zero-order chi connectivity index (χ0) is 27.9. The van der Waals surface area contributed by atoms with E-state index in [9.17, 15) is 4.79 Å². The molecule has 0 spiro atoms. The first-order valence-corrected chi connectivity index (χ1v) is 13.9. The first-order chi connectivity index (χ1) is 20.2. The van der Waals surface area contributed by atoms with Gasteiger partial charge in [0.25, 0.3) is 5.91 Å². The average molecular weight is 552 g/mol. The minimum absolute atomic E-state index is 0.0971. The van der Waals surface area contributed by atoms with Crippen LogP contribution in [0.2, 0.25) is 0 Å². The summed E-state index contributed by atoms with van der Waals surface area (Å²) in [5.74, 6) is 2.52. The third-order valence-corrected chi connectivity index (χ3v) is 7.23. The van der Waals surface area contributed by atoms with Crippen molar-refractivity contribution in [3.63, 3.8) is 0 Å². The monoisotopic (exact) mass is 551 g/mol. The van der Waals surface area contributed by atoms with Crippen molar-refractivity contribution in [2.75, 3.05) is 50.8 Å². The third kappa shape index (κ3) is 6.75. The lowest BCUT2D eigenvalue weighted by Crippen LogP contribution is -2.46. The zero-order valence-corrected chi connectivity index (χ0v) is 22.8. The van der Waals surface area contributed by atoms with Crippen LogP contribution in [0.1, 0.15) is 5.56 Å². The van der Waals surface area contributed by atoms with Crippen LogP contribution in [-0.4, -0.2) is 72.8 Å². The number of nitrogens with zero attached hydrogens (tertiary/aromatic N) is 4. The number of hydrogen-bond donors (Lipinski definition) is 1. The fourth-order valence-corrected chi connectivity index (χ4v) is 5.06. The molecule has 1 aromatic heterocycles. The largest absolute Gasteiger partial charge is 0.486 e. The summed E-state index contributed by atoms with van der Waals surface area (Å²) < 4.78 is 17.7. The summed E-state index contributed by atoms with van der Waals surface area (Å²) in [6.45, 7) is 5.05. The number of carbonyl (C=O) groups is 1. The Balaban J connectivity index is 1.08. The molecule has 1 atom stereocenters. The summed E-state index contributed by atoms with van der Waals surface area (Å²) >= 11 is 0. The van der Waals surface area contributed by atoms with Crippen LogP contribution in [0.25, 0.3) is 11.4 Å². The molecule has 0 aliphatic carbocycles. The van der Waals surface area contributed by atoms with Crippen LogP contribution in [0.15, 0.2) is 91.3 Å². The van der Waals surface area contributed by atoms with Gasteiger partial charge in [0.05, 0.1) is 6.54 Å². The van der Waals surface area contributed by atoms with Gasteiger partial charge in [0, 0.05) is 61.9 Å². The number of ether oxygens (including phenoxy) is 3. The molecule has 9 nitrogen and oxygen atoms in total. The fourth-order valence-electron chi connectivity index (χ4n) is 5.06. The molecule has 0 saturated carbocycles. The highest BCUT2D eigenvalue weighted by Crippen LogP contribution is 2.31. The Morgan fingerprint density at radius 1 is 0.902 bits per heavy atom. The number of anilines is 1. The van der Waals surface area contributed by atoms with Crippen molar-refractivity contribution in [3.8, 4) is 28.6 Å². The van der Waals surface area contributed by atoms with E-state index in [-0.39, 0.29) is 18.6 Å². The van der Waals surface area contributed by atoms with E-state index in [1.807, 2.05) is 42.5 Å². The first kappa shape index (κ1) is 26.6. The molecule has 6 rings (SSSR count). The van der Waals surface area contributed by atoms with E-state index >= 15 is 0 Å². The second kappa shape index (κ2) is 12.7. The van der Waals surface area contributed by atoms with Crippen molar-refractivity contribution < 1.29 is 19.0 Å². The summed E-state index contributed by atoms with van der Waals surface area (Å²) in [6.07, 6.45) is 3.21. The van der Waals surface area contributed by atoms with Gasteiger partial charge in [0.1, 0.15) is 18.5 Å². The van der Waals surface area contributed by atoms with Crippen LogP contribution in [0.4, 0.5) is 5.69 Å². The quantitative estimate of drug-likeness (QED) is 0.336. The maximum Gasteiger partial charge on any atom is 0.258 e. The number of piperazine rings is 1. The lowest BCUT2D eigenvalue weighted by atomic mass is 10.1.